The molecule has 21 heavy (non-hydrogen) atoms. The van der Waals surface area contributed by atoms with Crippen molar-refractivity contribution < 1.29 is 14.7 Å². The van der Waals surface area contributed by atoms with E-state index < -0.39 is 4.92 Å². The minimum Gasteiger partial charge on any atom is -0.396 e. The van der Waals surface area contributed by atoms with Gasteiger partial charge in [0.2, 0.25) is 5.52 Å². The van der Waals surface area contributed by atoms with Gasteiger partial charge in [0.15, 0.2) is 5.52 Å². The first kappa shape index (κ1) is 15.2. The molecule has 0 aliphatic heterocycles. The van der Waals surface area contributed by atoms with Crippen LogP contribution in [-0.2, 0) is 0 Å². The first-order valence-corrected chi connectivity index (χ1v) is 6.81. The standard InChI is InChI=1S/C13H18N4O4/c1-3-13(4-2,8-18)7-14-9-5-6-10(17(19)20)12-11(9)15-21-16-12/h5-6,14,18H,3-4,7-8H2,1-2H3. The van der Waals surface area contributed by atoms with Gasteiger partial charge in [0.1, 0.15) is 0 Å². The molecule has 0 aliphatic rings. The van der Waals surface area contributed by atoms with E-state index in [0.717, 1.165) is 12.8 Å². The van der Waals surface area contributed by atoms with Crippen molar-refractivity contribution in [3.05, 3.63) is 22.2 Å². The number of anilines is 1. The molecule has 1 heterocycles. The summed E-state index contributed by atoms with van der Waals surface area (Å²) in [4.78, 5) is 10.4. The van der Waals surface area contributed by atoms with Crippen molar-refractivity contribution in [3.63, 3.8) is 0 Å². The van der Waals surface area contributed by atoms with Crippen LogP contribution in [0.2, 0.25) is 0 Å². The van der Waals surface area contributed by atoms with Crippen molar-refractivity contribution in [2.24, 2.45) is 5.41 Å². The molecule has 0 saturated carbocycles. The van der Waals surface area contributed by atoms with Crippen molar-refractivity contribution >= 4 is 22.4 Å². The maximum atomic E-state index is 10.9. The highest BCUT2D eigenvalue weighted by molar-refractivity contribution is 5.93. The molecule has 1 aromatic carbocycles. The van der Waals surface area contributed by atoms with Gasteiger partial charge in [0.25, 0.3) is 0 Å². The summed E-state index contributed by atoms with van der Waals surface area (Å²) in [6, 6.07) is 2.95. The van der Waals surface area contributed by atoms with Crippen molar-refractivity contribution in [2.75, 3.05) is 18.5 Å². The van der Waals surface area contributed by atoms with Crippen molar-refractivity contribution in [1.29, 1.82) is 0 Å². The van der Waals surface area contributed by atoms with Gasteiger partial charge in [-0.15, -0.1) is 0 Å². The number of fused-ring (bicyclic) bond motifs is 1. The van der Waals surface area contributed by atoms with Crippen LogP contribution in [0.25, 0.3) is 11.0 Å². The third-order valence-electron chi connectivity index (χ3n) is 4.08. The molecule has 0 radical (unpaired) electrons. The monoisotopic (exact) mass is 294 g/mol. The normalized spacial score (nSPS) is 11.8. The second-order valence-corrected chi connectivity index (χ2v) is 5.07. The average molecular weight is 294 g/mol. The zero-order valence-corrected chi connectivity index (χ0v) is 12.0. The summed E-state index contributed by atoms with van der Waals surface area (Å²) in [7, 11) is 0. The number of nitrogens with zero attached hydrogens (tertiary/aromatic N) is 3. The third kappa shape index (κ3) is 2.80. The Hall–Kier alpha value is -2.22. The zero-order valence-electron chi connectivity index (χ0n) is 12.0. The van der Waals surface area contributed by atoms with Gasteiger partial charge in [-0.25, -0.2) is 4.63 Å². The molecule has 0 saturated heterocycles. The Morgan fingerprint density at radius 2 is 2.00 bits per heavy atom. The van der Waals surface area contributed by atoms with Crippen LogP contribution in [0.3, 0.4) is 0 Å². The molecule has 0 aliphatic carbocycles. The van der Waals surface area contributed by atoms with Gasteiger partial charge in [-0.3, -0.25) is 10.1 Å². The molecule has 0 atom stereocenters. The number of aliphatic hydroxyl groups is 1. The molecule has 2 N–H and O–H groups in total. The Morgan fingerprint density at radius 1 is 1.33 bits per heavy atom. The van der Waals surface area contributed by atoms with Crippen LogP contribution >= 0.6 is 0 Å². The van der Waals surface area contributed by atoms with Crippen LogP contribution < -0.4 is 5.32 Å². The first-order chi connectivity index (χ1) is 10.1. The molecule has 1 aromatic heterocycles. The molecule has 8 heteroatoms. The van der Waals surface area contributed by atoms with Crippen molar-refractivity contribution in [3.8, 4) is 0 Å². The lowest BCUT2D eigenvalue weighted by Crippen LogP contribution is -2.32. The van der Waals surface area contributed by atoms with Gasteiger partial charge >= 0.3 is 5.69 Å². The Labute approximate surface area is 121 Å². The number of aliphatic hydroxyl groups excluding tert-OH is 1. The van der Waals surface area contributed by atoms with E-state index >= 15 is 0 Å². The number of nitro benzene ring substituents is 1. The lowest BCUT2D eigenvalue weighted by Gasteiger charge is -2.29. The Kier molecular flexibility index (Phi) is 4.37. The van der Waals surface area contributed by atoms with Gasteiger partial charge in [-0.1, -0.05) is 13.8 Å². The van der Waals surface area contributed by atoms with Crippen LogP contribution in [0.4, 0.5) is 11.4 Å². The predicted molar refractivity (Wildman–Crippen MR) is 77.0 cm³/mol. The molecule has 0 amide bonds. The second-order valence-electron chi connectivity index (χ2n) is 5.07. The predicted octanol–water partition coefficient (Wildman–Crippen LogP) is 2.34. The van der Waals surface area contributed by atoms with Gasteiger partial charge in [-0.2, -0.15) is 0 Å². The molecular weight excluding hydrogens is 276 g/mol. The van der Waals surface area contributed by atoms with Gasteiger partial charge < -0.3 is 10.4 Å². The third-order valence-corrected chi connectivity index (χ3v) is 4.08. The van der Waals surface area contributed by atoms with E-state index in [2.05, 4.69) is 20.3 Å². The first-order valence-electron chi connectivity index (χ1n) is 6.81. The number of hydrogen-bond acceptors (Lipinski definition) is 7. The highest BCUT2D eigenvalue weighted by Crippen LogP contribution is 2.31. The van der Waals surface area contributed by atoms with E-state index in [9.17, 15) is 15.2 Å². The SMILES string of the molecule is CCC(CC)(CO)CNc1ccc([N+](=O)[O-])c2nonc12. The summed E-state index contributed by atoms with van der Waals surface area (Å²) in [5, 5.41) is 31.0. The maximum Gasteiger partial charge on any atom is 0.300 e. The summed E-state index contributed by atoms with van der Waals surface area (Å²) in [5.41, 5.74) is 0.675. The minimum absolute atomic E-state index is 0.0696. The summed E-state index contributed by atoms with van der Waals surface area (Å²) in [6.45, 7) is 4.64. The topological polar surface area (TPSA) is 114 Å². The number of non-ortho nitro benzene ring substituents is 1. The lowest BCUT2D eigenvalue weighted by molar-refractivity contribution is -0.383. The van der Waals surface area contributed by atoms with Crippen molar-refractivity contribution in [1.82, 2.24) is 10.3 Å². The Morgan fingerprint density at radius 3 is 2.57 bits per heavy atom. The fraction of sp³-hybridized carbons (Fsp3) is 0.538. The fourth-order valence-corrected chi connectivity index (χ4v) is 2.21. The average Bonchev–Trinajstić information content (AvgIpc) is 2.98. The van der Waals surface area contributed by atoms with E-state index in [-0.39, 0.29) is 23.2 Å². The van der Waals surface area contributed by atoms with Gasteiger partial charge in [0, 0.05) is 18.0 Å². The molecule has 114 valence electrons. The molecule has 0 unspecified atom stereocenters. The van der Waals surface area contributed by atoms with E-state index in [4.69, 9.17) is 0 Å². The molecule has 2 aromatic rings. The number of aromatic nitrogens is 2. The lowest BCUT2D eigenvalue weighted by atomic mass is 9.83. The minimum atomic E-state index is -0.521. The maximum absolute atomic E-state index is 10.9. The van der Waals surface area contributed by atoms with Crippen molar-refractivity contribution in [2.45, 2.75) is 26.7 Å². The molecule has 0 fully saturated rings. The van der Waals surface area contributed by atoms with Crippen LogP contribution in [0.1, 0.15) is 26.7 Å². The van der Waals surface area contributed by atoms with Crippen LogP contribution in [0, 0.1) is 15.5 Å². The summed E-state index contributed by atoms with van der Waals surface area (Å²) >= 11 is 0. The van der Waals surface area contributed by atoms with E-state index in [0.29, 0.717) is 17.7 Å². The van der Waals surface area contributed by atoms with E-state index in [1.54, 1.807) is 6.07 Å². The molecule has 2 rings (SSSR count). The van der Waals surface area contributed by atoms with E-state index in [1.807, 2.05) is 13.8 Å². The molecule has 0 spiro atoms. The van der Waals surface area contributed by atoms with Crippen LogP contribution in [0.5, 0.6) is 0 Å². The highest BCUT2D eigenvalue weighted by Gasteiger charge is 2.26. The Balaban J connectivity index is 2.30. The van der Waals surface area contributed by atoms with E-state index in [1.165, 1.54) is 6.07 Å². The molecular formula is C13H18N4O4. The molecule has 8 nitrogen and oxygen atoms in total. The smallest absolute Gasteiger partial charge is 0.300 e. The summed E-state index contributed by atoms with van der Waals surface area (Å²) < 4.78 is 4.61. The van der Waals surface area contributed by atoms with Crippen LogP contribution in [0.15, 0.2) is 16.8 Å². The second kappa shape index (κ2) is 6.04. The number of hydrogen-bond donors (Lipinski definition) is 2. The fourth-order valence-electron chi connectivity index (χ4n) is 2.21. The molecule has 0 bridgehead atoms. The highest BCUT2D eigenvalue weighted by atomic mass is 16.6. The van der Waals surface area contributed by atoms with Crippen LogP contribution in [-0.4, -0.2) is 33.5 Å². The number of benzene rings is 1. The number of rotatable bonds is 7. The largest absolute Gasteiger partial charge is 0.396 e. The number of nitro groups is 1. The Bertz CT molecular complexity index is 628. The van der Waals surface area contributed by atoms with Gasteiger partial charge in [-0.05, 0) is 29.2 Å². The summed E-state index contributed by atoms with van der Waals surface area (Å²) in [6.07, 6.45) is 1.64. The summed E-state index contributed by atoms with van der Waals surface area (Å²) in [5.74, 6) is 0. The zero-order chi connectivity index (χ0) is 15.5. The van der Waals surface area contributed by atoms with Gasteiger partial charge in [0.05, 0.1) is 17.2 Å². The number of nitrogens with one attached hydrogen (secondary N) is 1. The quantitative estimate of drug-likeness (QED) is 0.595.